The van der Waals surface area contributed by atoms with Crippen LogP contribution < -0.4 is 9.47 Å². The zero-order valence-corrected chi connectivity index (χ0v) is 9.45. The van der Waals surface area contributed by atoms with Gasteiger partial charge in [0.15, 0.2) is 11.5 Å². The Morgan fingerprint density at radius 1 is 1.39 bits per heavy atom. The average molecular weight is 264 g/mol. The highest BCUT2D eigenvalue weighted by Crippen LogP contribution is 2.35. The van der Waals surface area contributed by atoms with Gasteiger partial charge in [0.1, 0.15) is 0 Å². The minimum atomic E-state index is -4.85. The zero-order chi connectivity index (χ0) is 13.8. The van der Waals surface area contributed by atoms with Crippen LogP contribution in [0, 0.1) is 0 Å². The van der Waals surface area contributed by atoms with Crippen molar-refractivity contribution in [3.05, 3.63) is 23.8 Å². The van der Waals surface area contributed by atoms with Crippen molar-refractivity contribution < 1.29 is 32.5 Å². The van der Waals surface area contributed by atoms with Crippen molar-refractivity contribution in [1.29, 1.82) is 0 Å². The van der Waals surface area contributed by atoms with E-state index in [9.17, 15) is 18.0 Å². The van der Waals surface area contributed by atoms with Crippen LogP contribution in [0.2, 0.25) is 0 Å². The molecule has 0 heterocycles. The van der Waals surface area contributed by atoms with Crippen molar-refractivity contribution in [2.45, 2.75) is 19.2 Å². The minimum absolute atomic E-state index is 0.0715. The number of alkyl halides is 3. The van der Waals surface area contributed by atoms with E-state index in [0.717, 1.165) is 0 Å². The van der Waals surface area contributed by atoms with Crippen LogP contribution in [0.3, 0.4) is 0 Å². The molecule has 1 rings (SSSR count). The van der Waals surface area contributed by atoms with Gasteiger partial charge in [-0.05, 0) is 18.1 Å². The first-order chi connectivity index (χ1) is 8.33. The molecule has 1 aromatic rings. The van der Waals surface area contributed by atoms with E-state index in [0.29, 0.717) is 0 Å². The lowest BCUT2D eigenvalue weighted by atomic mass is 10.1. The number of hydrogen-bond acceptors (Lipinski definition) is 3. The van der Waals surface area contributed by atoms with E-state index < -0.39 is 18.1 Å². The van der Waals surface area contributed by atoms with Gasteiger partial charge in [-0.1, -0.05) is 12.1 Å². The topological polar surface area (TPSA) is 55.8 Å². The zero-order valence-electron chi connectivity index (χ0n) is 9.45. The number of carboxylic acid groups (broad SMARTS) is 1. The Morgan fingerprint density at radius 2 is 2.06 bits per heavy atom. The molecular formula is C11H11F3O4. The van der Waals surface area contributed by atoms with Crippen LogP contribution in [-0.4, -0.2) is 24.5 Å². The number of hydrogen-bond donors (Lipinski definition) is 1. The first-order valence-corrected chi connectivity index (χ1v) is 4.97. The normalized spacial score (nSPS) is 11.1. The molecule has 0 saturated carbocycles. The number of methoxy groups -OCH3 is 1. The van der Waals surface area contributed by atoms with Gasteiger partial charge in [0.25, 0.3) is 0 Å². The van der Waals surface area contributed by atoms with Gasteiger partial charge >= 0.3 is 12.3 Å². The molecule has 4 nitrogen and oxygen atoms in total. The Balaban J connectivity index is 3.04. The molecule has 0 aliphatic rings. The van der Waals surface area contributed by atoms with E-state index in [2.05, 4.69) is 4.74 Å². The summed E-state index contributed by atoms with van der Waals surface area (Å²) in [6.07, 6.45) is -5.22. The molecule has 18 heavy (non-hydrogen) atoms. The van der Waals surface area contributed by atoms with E-state index in [1.54, 1.807) is 0 Å². The standard InChI is InChI=1S/C11H11F3O4/c1-17-8-4-2-3-7(5-6-9(15)16)10(8)18-11(12,13)14/h2-4H,5-6H2,1H3,(H,15,16). The Bertz CT molecular complexity index is 429. The number of benzene rings is 1. The van der Waals surface area contributed by atoms with Crippen LogP contribution in [0.4, 0.5) is 13.2 Å². The Kier molecular flexibility index (Phi) is 4.41. The van der Waals surface area contributed by atoms with Crippen LogP contribution in [0.25, 0.3) is 0 Å². The molecule has 7 heteroatoms. The third kappa shape index (κ3) is 4.15. The highest BCUT2D eigenvalue weighted by molar-refractivity contribution is 5.67. The highest BCUT2D eigenvalue weighted by atomic mass is 19.4. The van der Waals surface area contributed by atoms with Crippen LogP contribution in [-0.2, 0) is 11.2 Å². The minimum Gasteiger partial charge on any atom is -0.493 e. The summed E-state index contributed by atoms with van der Waals surface area (Å²) in [5.74, 6) is -1.68. The van der Waals surface area contributed by atoms with E-state index in [4.69, 9.17) is 9.84 Å². The molecule has 0 aliphatic carbocycles. The van der Waals surface area contributed by atoms with Gasteiger partial charge in [-0.15, -0.1) is 13.2 Å². The monoisotopic (exact) mass is 264 g/mol. The third-order valence-corrected chi connectivity index (χ3v) is 2.11. The predicted octanol–water partition coefficient (Wildman–Crippen LogP) is 2.61. The Hall–Kier alpha value is -1.92. The van der Waals surface area contributed by atoms with Gasteiger partial charge in [0, 0.05) is 6.42 Å². The van der Waals surface area contributed by atoms with Crippen molar-refractivity contribution >= 4 is 5.97 Å². The molecule has 0 saturated heterocycles. The number of carbonyl (C=O) groups is 1. The number of halogens is 3. The lowest BCUT2D eigenvalue weighted by Gasteiger charge is -2.15. The summed E-state index contributed by atoms with van der Waals surface area (Å²) in [6, 6.07) is 4.15. The first-order valence-electron chi connectivity index (χ1n) is 4.97. The van der Waals surface area contributed by atoms with Gasteiger partial charge in [-0.25, -0.2) is 0 Å². The fourth-order valence-corrected chi connectivity index (χ4v) is 1.39. The van der Waals surface area contributed by atoms with Crippen LogP contribution in [0.1, 0.15) is 12.0 Å². The highest BCUT2D eigenvalue weighted by Gasteiger charge is 2.33. The lowest BCUT2D eigenvalue weighted by molar-refractivity contribution is -0.275. The molecule has 1 N–H and O–H groups in total. The molecular weight excluding hydrogens is 253 g/mol. The second kappa shape index (κ2) is 5.61. The molecule has 0 amide bonds. The van der Waals surface area contributed by atoms with Gasteiger partial charge < -0.3 is 14.6 Å². The first kappa shape index (κ1) is 14.1. The number of ether oxygens (including phenoxy) is 2. The van der Waals surface area contributed by atoms with Crippen molar-refractivity contribution in [3.63, 3.8) is 0 Å². The fraction of sp³-hybridized carbons (Fsp3) is 0.364. The summed E-state index contributed by atoms with van der Waals surface area (Å²) in [4.78, 5) is 10.4. The summed E-state index contributed by atoms with van der Waals surface area (Å²) in [5, 5.41) is 8.53. The SMILES string of the molecule is COc1cccc(CCC(=O)O)c1OC(F)(F)F. The number of para-hydroxylation sites is 1. The Labute approximate surface area is 101 Å². The van der Waals surface area contributed by atoms with Crippen LogP contribution >= 0.6 is 0 Å². The molecule has 0 spiro atoms. The molecule has 0 unspecified atom stereocenters. The number of aliphatic carboxylic acids is 1. The van der Waals surface area contributed by atoms with Crippen molar-refractivity contribution in [1.82, 2.24) is 0 Å². The summed E-state index contributed by atoms with van der Waals surface area (Å²) in [7, 11) is 1.21. The summed E-state index contributed by atoms with van der Waals surface area (Å²) < 4.78 is 45.4. The second-order valence-electron chi connectivity index (χ2n) is 3.39. The number of carboxylic acids is 1. The molecule has 0 atom stereocenters. The van der Waals surface area contributed by atoms with Crippen LogP contribution in [0.5, 0.6) is 11.5 Å². The van der Waals surface area contributed by atoms with Gasteiger partial charge in [-0.2, -0.15) is 0 Å². The molecule has 0 radical (unpaired) electrons. The molecule has 0 bridgehead atoms. The van der Waals surface area contributed by atoms with E-state index in [1.165, 1.54) is 25.3 Å². The smallest absolute Gasteiger partial charge is 0.493 e. The largest absolute Gasteiger partial charge is 0.573 e. The third-order valence-electron chi connectivity index (χ3n) is 2.11. The molecule has 0 aromatic heterocycles. The number of rotatable bonds is 5. The molecule has 0 aliphatic heterocycles. The van der Waals surface area contributed by atoms with Gasteiger partial charge in [0.2, 0.25) is 0 Å². The summed E-state index contributed by atoms with van der Waals surface area (Å²) >= 11 is 0. The summed E-state index contributed by atoms with van der Waals surface area (Å²) in [5.41, 5.74) is 0.133. The predicted molar refractivity (Wildman–Crippen MR) is 55.6 cm³/mol. The summed E-state index contributed by atoms with van der Waals surface area (Å²) in [6.45, 7) is 0. The lowest BCUT2D eigenvalue weighted by Crippen LogP contribution is -2.19. The quantitative estimate of drug-likeness (QED) is 0.888. The second-order valence-corrected chi connectivity index (χ2v) is 3.39. The van der Waals surface area contributed by atoms with Gasteiger partial charge in [0.05, 0.1) is 7.11 Å². The Morgan fingerprint density at radius 3 is 2.56 bits per heavy atom. The van der Waals surface area contributed by atoms with E-state index >= 15 is 0 Å². The molecule has 100 valence electrons. The maximum Gasteiger partial charge on any atom is 0.573 e. The van der Waals surface area contributed by atoms with Crippen LogP contribution in [0.15, 0.2) is 18.2 Å². The molecule has 0 fully saturated rings. The molecule has 1 aromatic carbocycles. The maximum absolute atomic E-state index is 12.2. The number of aryl methyl sites for hydroxylation is 1. The van der Waals surface area contributed by atoms with E-state index in [-0.39, 0.29) is 24.2 Å². The van der Waals surface area contributed by atoms with Crippen molar-refractivity contribution in [3.8, 4) is 11.5 Å². The van der Waals surface area contributed by atoms with Crippen molar-refractivity contribution in [2.75, 3.05) is 7.11 Å². The fourth-order valence-electron chi connectivity index (χ4n) is 1.39. The van der Waals surface area contributed by atoms with Gasteiger partial charge in [-0.3, -0.25) is 4.79 Å². The van der Waals surface area contributed by atoms with Crippen molar-refractivity contribution in [2.24, 2.45) is 0 Å². The van der Waals surface area contributed by atoms with E-state index in [1.807, 2.05) is 0 Å². The maximum atomic E-state index is 12.2. The average Bonchev–Trinajstić information content (AvgIpc) is 2.25.